The molecule has 1 atom stereocenters. The van der Waals surface area contributed by atoms with Gasteiger partial charge in [0.25, 0.3) is 0 Å². The molecule has 0 aliphatic carbocycles. The summed E-state index contributed by atoms with van der Waals surface area (Å²) in [6, 6.07) is 5.54. The van der Waals surface area contributed by atoms with E-state index in [0.717, 1.165) is 37.2 Å². The van der Waals surface area contributed by atoms with Gasteiger partial charge in [-0.2, -0.15) is 18.2 Å². The molecule has 1 fully saturated rings. The molecule has 2 heterocycles. The number of hydrogen-bond donors (Lipinski definition) is 2. The van der Waals surface area contributed by atoms with Crippen LogP contribution in [0.5, 0.6) is 0 Å². The van der Waals surface area contributed by atoms with Gasteiger partial charge in [0.15, 0.2) is 11.8 Å². The third-order valence-electron chi connectivity index (χ3n) is 4.51. The molecule has 0 amide bonds. The third-order valence-corrected chi connectivity index (χ3v) is 4.51. The van der Waals surface area contributed by atoms with Gasteiger partial charge in [0.1, 0.15) is 0 Å². The fourth-order valence-electron chi connectivity index (χ4n) is 3.12. The van der Waals surface area contributed by atoms with E-state index in [1.54, 1.807) is 14.0 Å². The van der Waals surface area contributed by atoms with Crippen molar-refractivity contribution in [2.75, 3.05) is 20.1 Å². The molecule has 1 aliphatic rings. The van der Waals surface area contributed by atoms with Gasteiger partial charge >= 0.3 is 6.18 Å². The van der Waals surface area contributed by atoms with E-state index in [-0.39, 0.29) is 6.04 Å². The van der Waals surface area contributed by atoms with Gasteiger partial charge in [-0.3, -0.25) is 9.89 Å². The van der Waals surface area contributed by atoms with Crippen LogP contribution >= 0.6 is 0 Å². The third kappa shape index (κ3) is 5.44. The van der Waals surface area contributed by atoms with E-state index < -0.39 is 11.7 Å². The van der Waals surface area contributed by atoms with Gasteiger partial charge in [0.05, 0.1) is 12.1 Å². The molecule has 0 spiro atoms. The van der Waals surface area contributed by atoms with Crippen LogP contribution in [0.4, 0.5) is 13.2 Å². The quantitative estimate of drug-likeness (QED) is 0.597. The number of nitrogens with one attached hydrogen (secondary N) is 2. The average molecular weight is 396 g/mol. The first-order valence-electron chi connectivity index (χ1n) is 8.98. The number of aryl methyl sites for hydroxylation is 1. The van der Waals surface area contributed by atoms with Crippen LogP contribution in [0.15, 0.2) is 33.8 Å². The van der Waals surface area contributed by atoms with Gasteiger partial charge in [-0.15, -0.1) is 0 Å². The fraction of sp³-hybridized carbons (Fsp3) is 0.500. The van der Waals surface area contributed by atoms with Crippen molar-refractivity contribution >= 4 is 5.96 Å². The Kier molecular flexibility index (Phi) is 6.18. The predicted molar refractivity (Wildman–Crippen MR) is 97.5 cm³/mol. The van der Waals surface area contributed by atoms with Crippen LogP contribution in [0, 0.1) is 6.92 Å². The van der Waals surface area contributed by atoms with Gasteiger partial charge in [-0.1, -0.05) is 17.3 Å². The largest absolute Gasteiger partial charge is 0.416 e. The highest BCUT2D eigenvalue weighted by Crippen LogP contribution is 2.29. The Morgan fingerprint density at radius 2 is 2.07 bits per heavy atom. The zero-order valence-corrected chi connectivity index (χ0v) is 15.8. The number of halogens is 3. The Morgan fingerprint density at radius 3 is 2.68 bits per heavy atom. The molecule has 1 aromatic carbocycles. The summed E-state index contributed by atoms with van der Waals surface area (Å²) in [7, 11) is 1.69. The van der Waals surface area contributed by atoms with Crippen LogP contribution < -0.4 is 10.6 Å². The number of hydrogen-bond acceptors (Lipinski definition) is 5. The Balaban J connectivity index is 1.46. The predicted octanol–water partition coefficient (Wildman–Crippen LogP) is 2.34. The summed E-state index contributed by atoms with van der Waals surface area (Å²) < 4.78 is 42.9. The van der Waals surface area contributed by atoms with Gasteiger partial charge in [-0.05, 0) is 24.1 Å². The molecule has 3 rings (SSSR count). The second-order valence-electron chi connectivity index (χ2n) is 6.72. The molecule has 0 saturated carbocycles. The van der Waals surface area contributed by atoms with Crippen molar-refractivity contribution in [3.05, 3.63) is 47.1 Å². The normalized spacial score (nSPS) is 18.5. The van der Waals surface area contributed by atoms with Crippen molar-refractivity contribution in [1.82, 2.24) is 25.7 Å². The summed E-state index contributed by atoms with van der Waals surface area (Å²) in [5, 5.41) is 10.3. The van der Waals surface area contributed by atoms with Crippen molar-refractivity contribution < 1.29 is 17.7 Å². The fourth-order valence-corrected chi connectivity index (χ4v) is 3.12. The zero-order valence-electron chi connectivity index (χ0n) is 15.8. The van der Waals surface area contributed by atoms with Crippen molar-refractivity contribution in [3.63, 3.8) is 0 Å². The first-order valence-corrected chi connectivity index (χ1v) is 8.98. The van der Waals surface area contributed by atoms with E-state index in [1.165, 1.54) is 12.1 Å². The van der Waals surface area contributed by atoms with E-state index >= 15 is 0 Å². The van der Waals surface area contributed by atoms with Gasteiger partial charge in [0.2, 0.25) is 5.89 Å². The molecule has 1 saturated heterocycles. The van der Waals surface area contributed by atoms with Gasteiger partial charge in [0, 0.05) is 39.6 Å². The molecule has 10 heteroatoms. The van der Waals surface area contributed by atoms with E-state index in [1.807, 2.05) is 0 Å². The van der Waals surface area contributed by atoms with E-state index in [2.05, 4.69) is 30.7 Å². The summed E-state index contributed by atoms with van der Waals surface area (Å²) in [4.78, 5) is 10.5. The second kappa shape index (κ2) is 8.59. The minimum Gasteiger partial charge on any atom is -0.352 e. The number of aromatic nitrogens is 2. The molecule has 28 heavy (non-hydrogen) atoms. The molecule has 0 radical (unpaired) electrons. The minimum atomic E-state index is -4.30. The van der Waals surface area contributed by atoms with Crippen LogP contribution in [0.25, 0.3) is 0 Å². The lowest BCUT2D eigenvalue weighted by molar-refractivity contribution is -0.137. The first kappa shape index (κ1) is 20.1. The number of guanidine groups is 1. The average Bonchev–Trinajstić information content (AvgIpc) is 3.27. The number of aliphatic imine (C=N–C) groups is 1. The number of rotatable bonds is 5. The molecule has 1 aromatic heterocycles. The van der Waals surface area contributed by atoms with Crippen LogP contribution in [-0.2, 0) is 19.3 Å². The maximum atomic E-state index is 12.7. The van der Waals surface area contributed by atoms with Crippen LogP contribution in [0.3, 0.4) is 0 Å². The number of nitrogens with zero attached hydrogens (tertiary/aromatic N) is 4. The summed E-state index contributed by atoms with van der Waals surface area (Å²) in [5.41, 5.74) is 0.243. The lowest BCUT2D eigenvalue weighted by Gasteiger charge is -2.19. The SMILES string of the molecule is CN=C(NCc1noc(C)n1)NC1CCN(Cc2ccc(C(F)(F)F)cc2)C1. The van der Waals surface area contributed by atoms with Crippen LogP contribution in [-0.4, -0.2) is 47.2 Å². The maximum Gasteiger partial charge on any atom is 0.416 e. The van der Waals surface area contributed by atoms with E-state index in [9.17, 15) is 13.2 Å². The molecule has 152 valence electrons. The van der Waals surface area contributed by atoms with Gasteiger partial charge < -0.3 is 15.2 Å². The molecule has 1 unspecified atom stereocenters. The Hall–Kier alpha value is -2.62. The van der Waals surface area contributed by atoms with Crippen LogP contribution in [0.2, 0.25) is 0 Å². The highest BCUT2D eigenvalue weighted by atomic mass is 19.4. The zero-order chi connectivity index (χ0) is 20.1. The highest BCUT2D eigenvalue weighted by molar-refractivity contribution is 5.79. The topological polar surface area (TPSA) is 78.6 Å². The molecule has 1 aliphatic heterocycles. The highest BCUT2D eigenvalue weighted by Gasteiger charge is 2.30. The molecule has 0 bridgehead atoms. The van der Waals surface area contributed by atoms with Crippen molar-refractivity contribution in [2.45, 2.75) is 38.7 Å². The van der Waals surface area contributed by atoms with Crippen molar-refractivity contribution in [3.8, 4) is 0 Å². The molecule has 7 nitrogen and oxygen atoms in total. The molecule has 2 N–H and O–H groups in total. The van der Waals surface area contributed by atoms with Crippen molar-refractivity contribution in [1.29, 1.82) is 0 Å². The first-order chi connectivity index (χ1) is 13.3. The standard InChI is InChI=1S/C18H23F3N6O/c1-12-24-16(26-28-12)9-23-17(22-2)25-15-7-8-27(11-15)10-13-3-5-14(6-4-13)18(19,20)21/h3-6,15H,7-11H2,1-2H3,(H2,22,23,25). The maximum absolute atomic E-state index is 12.7. The second-order valence-corrected chi connectivity index (χ2v) is 6.72. The number of benzene rings is 1. The van der Waals surface area contributed by atoms with Gasteiger partial charge in [-0.25, -0.2) is 0 Å². The summed E-state index contributed by atoms with van der Waals surface area (Å²) >= 11 is 0. The molecular weight excluding hydrogens is 373 g/mol. The lowest BCUT2D eigenvalue weighted by atomic mass is 10.1. The lowest BCUT2D eigenvalue weighted by Crippen LogP contribution is -2.44. The Morgan fingerprint density at radius 1 is 1.32 bits per heavy atom. The monoisotopic (exact) mass is 396 g/mol. The van der Waals surface area contributed by atoms with Crippen molar-refractivity contribution in [2.24, 2.45) is 4.99 Å². The summed E-state index contributed by atoms with van der Waals surface area (Å²) in [5.74, 6) is 1.70. The minimum absolute atomic E-state index is 0.202. The summed E-state index contributed by atoms with van der Waals surface area (Å²) in [6.07, 6.45) is -3.38. The molecular formula is C18H23F3N6O. The number of likely N-dealkylation sites (tertiary alicyclic amines) is 1. The van der Waals surface area contributed by atoms with Crippen LogP contribution in [0.1, 0.15) is 29.3 Å². The Labute approximate surface area is 161 Å². The number of alkyl halides is 3. The summed E-state index contributed by atoms with van der Waals surface area (Å²) in [6.45, 7) is 4.39. The Bertz CT molecular complexity index is 802. The van der Waals surface area contributed by atoms with E-state index in [4.69, 9.17) is 4.52 Å². The smallest absolute Gasteiger partial charge is 0.352 e. The van der Waals surface area contributed by atoms with E-state index in [0.29, 0.717) is 30.8 Å². The molecule has 2 aromatic rings.